The minimum atomic E-state index is -0.0425. The lowest BCUT2D eigenvalue weighted by molar-refractivity contribution is 0.0673. The molecule has 2 N–H and O–H groups in total. The topological polar surface area (TPSA) is 86.6 Å². The molecular weight excluding hydrogens is 504 g/mol. The first-order chi connectivity index (χ1) is 19.5. The number of pyridine rings is 2. The second-order valence-electron chi connectivity index (χ2n) is 11.2. The van der Waals surface area contributed by atoms with Crippen molar-refractivity contribution in [3.8, 4) is 17.2 Å². The van der Waals surface area contributed by atoms with Gasteiger partial charge in [-0.25, -0.2) is 4.98 Å². The SMILES string of the molecule is COc1ccc(CNc2nccc3c(NCC4CC5(COc6ccn(C)c(=O)c6)CC4C5)cccc23)c(OC)c1. The number of anilines is 2. The Kier molecular flexibility index (Phi) is 7.00. The molecule has 3 aliphatic carbocycles. The standard InChI is InChI=1S/C32H36N4O4/c1-36-12-10-25(14-30(36)37)40-20-32-15-22(16-32)23(17-32)19-34-28-6-4-5-27-26(28)9-11-33-31(27)35-18-21-7-8-24(38-2)13-29(21)39-3/h4-14,22-23,34H,15-20H2,1-3H3,(H,33,35). The maximum atomic E-state index is 11.9. The Balaban J connectivity index is 1.09. The minimum absolute atomic E-state index is 0.0425. The highest BCUT2D eigenvalue weighted by Crippen LogP contribution is 2.61. The number of rotatable bonds is 11. The lowest BCUT2D eigenvalue weighted by atomic mass is 9.70. The molecule has 2 heterocycles. The molecule has 2 aromatic heterocycles. The van der Waals surface area contributed by atoms with E-state index in [1.807, 2.05) is 30.5 Å². The van der Waals surface area contributed by atoms with Crippen LogP contribution in [-0.4, -0.2) is 36.9 Å². The average molecular weight is 541 g/mol. The second kappa shape index (κ2) is 10.8. The van der Waals surface area contributed by atoms with Gasteiger partial charge in [0.2, 0.25) is 0 Å². The van der Waals surface area contributed by atoms with Gasteiger partial charge in [0.15, 0.2) is 0 Å². The minimum Gasteiger partial charge on any atom is -0.497 e. The average Bonchev–Trinajstić information content (AvgIpc) is 3.50. The fourth-order valence-corrected chi connectivity index (χ4v) is 6.47. The summed E-state index contributed by atoms with van der Waals surface area (Å²) < 4.78 is 18.5. The Bertz CT molecular complexity index is 1580. The van der Waals surface area contributed by atoms with Crippen LogP contribution < -0.4 is 30.4 Å². The van der Waals surface area contributed by atoms with Crippen LogP contribution in [0.4, 0.5) is 11.5 Å². The first-order valence-electron chi connectivity index (χ1n) is 13.8. The fraction of sp³-hybridized carbons (Fsp3) is 0.375. The predicted molar refractivity (Wildman–Crippen MR) is 158 cm³/mol. The summed E-state index contributed by atoms with van der Waals surface area (Å²) >= 11 is 0. The molecule has 3 aliphatic rings. The van der Waals surface area contributed by atoms with Gasteiger partial charge in [0.1, 0.15) is 23.1 Å². The summed E-state index contributed by atoms with van der Waals surface area (Å²) in [6.45, 7) is 2.20. The lowest BCUT2D eigenvalue weighted by Gasteiger charge is -2.38. The summed E-state index contributed by atoms with van der Waals surface area (Å²) in [4.78, 5) is 16.6. The normalized spacial score (nSPS) is 21.1. The summed E-state index contributed by atoms with van der Waals surface area (Å²) in [7, 11) is 5.07. The highest BCUT2D eigenvalue weighted by molar-refractivity contribution is 5.99. The van der Waals surface area contributed by atoms with E-state index in [4.69, 9.17) is 14.2 Å². The van der Waals surface area contributed by atoms with Gasteiger partial charge in [-0.05, 0) is 61.4 Å². The summed E-state index contributed by atoms with van der Waals surface area (Å²) in [5, 5.41) is 9.47. The van der Waals surface area contributed by atoms with Crippen molar-refractivity contribution >= 4 is 22.3 Å². The molecule has 4 aromatic rings. The second-order valence-corrected chi connectivity index (χ2v) is 11.2. The third kappa shape index (κ3) is 5.06. The van der Waals surface area contributed by atoms with Gasteiger partial charge in [0, 0.05) is 72.1 Å². The predicted octanol–water partition coefficient (Wildman–Crippen LogP) is 5.47. The van der Waals surface area contributed by atoms with Gasteiger partial charge in [-0.15, -0.1) is 0 Å². The van der Waals surface area contributed by atoms with Crippen LogP contribution >= 0.6 is 0 Å². The first-order valence-corrected chi connectivity index (χ1v) is 13.8. The van der Waals surface area contributed by atoms with Crippen molar-refractivity contribution < 1.29 is 14.2 Å². The number of benzene rings is 2. The Morgan fingerprint density at radius 1 is 0.975 bits per heavy atom. The Morgan fingerprint density at radius 2 is 1.85 bits per heavy atom. The van der Waals surface area contributed by atoms with Crippen LogP contribution in [-0.2, 0) is 13.6 Å². The van der Waals surface area contributed by atoms with Gasteiger partial charge < -0.3 is 29.4 Å². The van der Waals surface area contributed by atoms with E-state index >= 15 is 0 Å². The lowest BCUT2D eigenvalue weighted by Crippen LogP contribution is -2.34. The fourth-order valence-electron chi connectivity index (χ4n) is 6.47. The van der Waals surface area contributed by atoms with E-state index in [2.05, 4.69) is 39.9 Å². The van der Waals surface area contributed by atoms with Crippen LogP contribution in [0.1, 0.15) is 24.8 Å². The van der Waals surface area contributed by atoms with E-state index in [1.54, 1.807) is 38.1 Å². The molecule has 2 aromatic carbocycles. The van der Waals surface area contributed by atoms with Crippen molar-refractivity contribution in [1.82, 2.24) is 9.55 Å². The first kappa shape index (κ1) is 26.0. The number of ether oxygens (including phenoxy) is 3. The highest BCUT2D eigenvalue weighted by atomic mass is 16.5. The molecule has 1 unspecified atom stereocenters. The van der Waals surface area contributed by atoms with Gasteiger partial charge in [-0.3, -0.25) is 4.79 Å². The molecule has 3 saturated carbocycles. The van der Waals surface area contributed by atoms with Gasteiger partial charge in [-0.1, -0.05) is 12.1 Å². The number of aryl methyl sites for hydroxylation is 1. The van der Waals surface area contributed by atoms with Crippen LogP contribution in [0.3, 0.4) is 0 Å². The Labute approximate surface area is 234 Å². The molecule has 8 heteroatoms. The van der Waals surface area contributed by atoms with E-state index in [-0.39, 0.29) is 11.0 Å². The number of nitrogens with zero attached hydrogens (tertiary/aromatic N) is 2. The number of aromatic nitrogens is 2. The third-order valence-corrected chi connectivity index (χ3v) is 8.67. The number of fused-ring (bicyclic) bond motifs is 2. The van der Waals surface area contributed by atoms with Crippen LogP contribution in [0.5, 0.6) is 17.2 Å². The summed E-state index contributed by atoms with van der Waals surface area (Å²) in [5.41, 5.74) is 2.35. The number of hydrogen-bond donors (Lipinski definition) is 2. The smallest absolute Gasteiger partial charge is 0.253 e. The van der Waals surface area contributed by atoms with Gasteiger partial charge in [0.05, 0.1) is 20.8 Å². The monoisotopic (exact) mass is 540 g/mol. The van der Waals surface area contributed by atoms with E-state index in [1.165, 1.54) is 12.8 Å². The molecule has 3 fully saturated rings. The van der Waals surface area contributed by atoms with Crippen LogP contribution in [0.25, 0.3) is 10.8 Å². The zero-order valence-corrected chi connectivity index (χ0v) is 23.3. The number of methoxy groups -OCH3 is 2. The van der Waals surface area contributed by atoms with Crippen LogP contribution in [0.2, 0.25) is 0 Å². The Hall–Kier alpha value is -4.20. The van der Waals surface area contributed by atoms with Crippen molar-refractivity contribution in [2.75, 3.05) is 38.0 Å². The number of nitrogens with one attached hydrogen (secondary N) is 2. The molecule has 0 saturated heterocycles. The van der Waals surface area contributed by atoms with E-state index in [0.29, 0.717) is 24.8 Å². The zero-order valence-electron chi connectivity index (χ0n) is 23.3. The summed E-state index contributed by atoms with van der Waals surface area (Å²) in [6, 6.07) is 17.7. The molecule has 1 atom stereocenters. The van der Waals surface area contributed by atoms with Gasteiger partial charge >= 0.3 is 0 Å². The molecule has 7 rings (SSSR count). The largest absolute Gasteiger partial charge is 0.497 e. The van der Waals surface area contributed by atoms with Crippen molar-refractivity contribution in [3.63, 3.8) is 0 Å². The van der Waals surface area contributed by atoms with E-state index in [0.717, 1.165) is 58.2 Å². The molecule has 2 bridgehead atoms. The molecule has 0 aliphatic heterocycles. The van der Waals surface area contributed by atoms with Crippen molar-refractivity contribution in [2.24, 2.45) is 24.3 Å². The molecule has 40 heavy (non-hydrogen) atoms. The third-order valence-electron chi connectivity index (χ3n) is 8.67. The van der Waals surface area contributed by atoms with Crippen LogP contribution in [0, 0.1) is 17.3 Å². The van der Waals surface area contributed by atoms with E-state index in [9.17, 15) is 4.79 Å². The molecular formula is C32H36N4O4. The summed E-state index contributed by atoms with van der Waals surface area (Å²) in [5.74, 6) is 4.40. The molecule has 0 amide bonds. The maximum absolute atomic E-state index is 11.9. The molecule has 0 radical (unpaired) electrons. The molecule has 208 valence electrons. The zero-order chi connectivity index (χ0) is 27.7. The van der Waals surface area contributed by atoms with Gasteiger partial charge in [-0.2, -0.15) is 0 Å². The molecule has 0 spiro atoms. The van der Waals surface area contributed by atoms with Crippen molar-refractivity contribution in [2.45, 2.75) is 25.8 Å². The Morgan fingerprint density at radius 3 is 2.65 bits per heavy atom. The highest BCUT2D eigenvalue weighted by Gasteiger charge is 2.56. The maximum Gasteiger partial charge on any atom is 0.253 e. The summed E-state index contributed by atoms with van der Waals surface area (Å²) in [6.07, 6.45) is 7.17. The molecule has 8 nitrogen and oxygen atoms in total. The van der Waals surface area contributed by atoms with E-state index < -0.39 is 0 Å². The van der Waals surface area contributed by atoms with Crippen LogP contribution in [0.15, 0.2) is 71.8 Å². The van der Waals surface area contributed by atoms with Crippen molar-refractivity contribution in [1.29, 1.82) is 0 Å². The van der Waals surface area contributed by atoms with Gasteiger partial charge in [0.25, 0.3) is 5.56 Å². The quantitative estimate of drug-likeness (QED) is 0.261. The van der Waals surface area contributed by atoms with Crippen molar-refractivity contribution in [3.05, 3.63) is 82.9 Å². The number of hydrogen-bond acceptors (Lipinski definition) is 7.